The molecule has 1 fully saturated rings. The maximum atomic E-state index is 13.7. The predicted molar refractivity (Wildman–Crippen MR) is 75.9 cm³/mol. The molecule has 1 aliphatic rings. The number of halogens is 1. The number of benzene rings is 1. The summed E-state index contributed by atoms with van der Waals surface area (Å²) < 4.78 is 13.7. The molecule has 1 aliphatic heterocycles. The van der Waals surface area contributed by atoms with Crippen LogP contribution >= 0.6 is 0 Å². The van der Waals surface area contributed by atoms with Crippen LogP contribution in [0.25, 0.3) is 0 Å². The van der Waals surface area contributed by atoms with Crippen LogP contribution in [0, 0.1) is 18.7 Å². The quantitative estimate of drug-likeness (QED) is 0.888. The van der Waals surface area contributed by atoms with E-state index < -0.39 is 6.10 Å². The maximum Gasteiger partial charge on any atom is 0.220 e. The molecule has 0 spiro atoms. The van der Waals surface area contributed by atoms with Crippen LogP contribution in [0.5, 0.6) is 0 Å². The predicted octanol–water partition coefficient (Wildman–Crippen LogP) is 1.89. The van der Waals surface area contributed by atoms with Crippen LogP contribution in [0.1, 0.15) is 37.0 Å². The van der Waals surface area contributed by atoms with E-state index in [0.717, 1.165) is 5.69 Å². The molecule has 0 aliphatic carbocycles. The number of rotatable bonds is 3. The number of aliphatic hydroxyl groups is 1. The van der Waals surface area contributed by atoms with Crippen molar-refractivity contribution in [2.24, 2.45) is 11.7 Å². The molecule has 0 radical (unpaired) electrons. The lowest BCUT2D eigenvalue weighted by Crippen LogP contribution is -2.39. The summed E-state index contributed by atoms with van der Waals surface area (Å²) in [6.07, 6.45) is 0.671. The van der Waals surface area contributed by atoms with Crippen LogP contribution in [-0.4, -0.2) is 24.1 Å². The molecule has 0 saturated carbocycles. The molecule has 1 heterocycles. The summed E-state index contributed by atoms with van der Waals surface area (Å²) in [5.74, 6) is -0.643. The van der Waals surface area contributed by atoms with Gasteiger partial charge in [-0.15, -0.1) is 0 Å². The van der Waals surface area contributed by atoms with E-state index in [1.54, 1.807) is 19.9 Å². The molecule has 20 heavy (non-hydrogen) atoms. The number of carbonyl (C=O) groups excluding carboxylic acids is 1. The Hall–Kier alpha value is -1.62. The summed E-state index contributed by atoms with van der Waals surface area (Å²) in [5, 5.41) is 9.82. The first-order chi connectivity index (χ1) is 9.40. The molecule has 1 unspecified atom stereocenters. The zero-order chi connectivity index (χ0) is 14.9. The Balaban J connectivity index is 2.25. The minimum atomic E-state index is -0.728. The number of primary amides is 1. The lowest BCUT2D eigenvalue weighted by molar-refractivity contribution is -0.122. The van der Waals surface area contributed by atoms with Gasteiger partial charge in [-0.05, 0) is 44.4 Å². The van der Waals surface area contributed by atoms with Crippen LogP contribution in [0.4, 0.5) is 10.1 Å². The van der Waals surface area contributed by atoms with Gasteiger partial charge in [0.15, 0.2) is 0 Å². The number of nitrogens with two attached hydrogens (primary N) is 1. The molecular formula is C15H21FN2O2. The standard InChI is InChI=1S/C15H21FN2O2/c1-9-7-14(12(10(2)19)8-13(9)16)18-5-3-11(4-6-18)15(17)20/h7-8,10-11,19H,3-6H2,1-2H3,(H2,17,20). The van der Waals surface area contributed by atoms with Crippen molar-refractivity contribution in [3.05, 3.63) is 29.1 Å². The fourth-order valence-corrected chi connectivity index (χ4v) is 2.70. The minimum Gasteiger partial charge on any atom is -0.389 e. The lowest BCUT2D eigenvalue weighted by atomic mass is 9.94. The van der Waals surface area contributed by atoms with Crippen LogP contribution in [0.15, 0.2) is 12.1 Å². The number of nitrogens with zero attached hydrogens (tertiary/aromatic N) is 1. The third kappa shape index (κ3) is 2.93. The highest BCUT2D eigenvalue weighted by Gasteiger charge is 2.25. The molecule has 4 nitrogen and oxygen atoms in total. The van der Waals surface area contributed by atoms with E-state index in [1.807, 2.05) is 0 Å². The maximum absolute atomic E-state index is 13.7. The first kappa shape index (κ1) is 14.8. The van der Waals surface area contributed by atoms with Crippen molar-refractivity contribution in [2.75, 3.05) is 18.0 Å². The number of anilines is 1. The van der Waals surface area contributed by atoms with E-state index in [4.69, 9.17) is 5.73 Å². The Morgan fingerprint density at radius 1 is 1.45 bits per heavy atom. The fourth-order valence-electron chi connectivity index (χ4n) is 2.70. The van der Waals surface area contributed by atoms with Gasteiger partial charge in [0.05, 0.1) is 6.10 Å². The first-order valence-corrected chi connectivity index (χ1v) is 6.92. The summed E-state index contributed by atoms with van der Waals surface area (Å²) in [6.45, 7) is 4.72. The second kappa shape index (κ2) is 5.79. The SMILES string of the molecule is Cc1cc(N2CCC(C(N)=O)CC2)c(C(C)O)cc1F. The number of carbonyl (C=O) groups is 1. The van der Waals surface area contributed by atoms with E-state index in [1.165, 1.54) is 6.07 Å². The average Bonchev–Trinajstić information content (AvgIpc) is 2.41. The highest BCUT2D eigenvalue weighted by molar-refractivity contribution is 5.77. The normalized spacial score (nSPS) is 18.1. The van der Waals surface area contributed by atoms with Gasteiger partial charge in [-0.2, -0.15) is 0 Å². The molecule has 110 valence electrons. The van der Waals surface area contributed by atoms with Gasteiger partial charge in [0, 0.05) is 30.3 Å². The van der Waals surface area contributed by atoms with E-state index >= 15 is 0 Å². The topological polar surface area (TPSA) is 66.6 Å². The number of piperidine rings is 1. The van der Waals surface area contributed by atoms with Gasteiger partial charge >= 0.3 is 0 Å². The van der Waals surface area contributed by atoms with Crippen molar-refractivity contribution in [1.29, 1.82) is 0 Å². The van der Waals surface area contributed by atoms with Crippen molar-refractivity contribution >= 4 is 11.6 Å². The molecule has 1 atom stereocenters. The van der Waals surface area contributed by atoms with Crippen LogP contribution in [0.3, 0.4) is 0 Å². The number of aliphatic hydroxyl groups excluding tert-OH is 1. The molecule has 5 heteroatoms. The molecule has 0 aromatic heterocycles. The Labute approximate surface area is 118 Å². The third-order valence-corrected chi connectivity index (χ3v) is 4.00. The Kier molecular flexibility index (Phi) is 4.28. The monoisotopic (exact) mass is 280 g/mol. The van der Waals surface area contributed by atoms with Crippen molar-refractivity contribution in [3.8, 4) is 0 Å². The van der Waals surface area contributed by atoms with E-state index in [2.05, 4.69) is 4.90 Å². The van der Waals surface area contributed by atoms with E-state index in [-0.39, 0.29) is 17.6 Å². The van der Waals surface area contributed by atoms with Crippen molar-refractivity contribution in [3.63, 3.8) is 0 Å². The van der Waals surface area contributed by atoms with Crippen molar-refractivity contribution < 1.29 is 14.3 Å². The molecule has 1 amide bonds. The summed E-state index contributed by atoms with van der Waals surface area (Å²) in [4.78, 5) is 13.3. The largest absolute Gasteiger partial charge is 0.389 e. The van der Waals surface area contributed by atoms with E-state index in [9.17, 15) is 14.3 Å². The Morgan fingerprint density at radius 2 is 2.05 bits per heavy atom. The number of hydrogen-bond acceptors (Lipinski definition) is 3. The first-order valence-electron chi connectivity index (χ1n) is 6.92. The lowest BCUT2D eigenvalue weighted by Gasteiger charge is -2.34. The fraction of sp³-hybridized carbons (Fsp3) is 0.533. The molecule has 1 aromatic rings. The number of aryl methyl sites for hydroxylation is 1. The zero-order valence-electron chi connectivity index (χ0n) is 11.9. The van der Waals surface area contributed by atoms with Gasteiger partial charge in [-0.3, -0.25) is 4.79 Å². The second-order valence-corrected chi connectivity index (χ2v) is 5.50. The van der Waals surface area contributed by atoms with Crippen LogP contribution in [0.2, 0.25) is 0 Å². The number of amides is 1. The Morgan fingerprint density at radius 3 is 2.55 bits per heavy atom. The van der Waals surface area contributed by atoms with E-state index in [0.29, 0.717) is 37.1 Å². The van der Waals surface area contributed by atoms with Gasteiger partial charge in [0.2, 0.25) is 5.91 Å². The summed E-state index contributed by atoms with van der Waals surface area (Å²) >= 11 is 0. The smallest absolute Gasteiger partial charge is 0.220 e. The van der Waals surface area contributed by atoms with Gasteiger partial charge in [-0.1, -0.05) is 0 Å². The summed E-state index contributed by atoms with van der Waals surface area (Å²) in [5.41, 5.74) is 7.32. The van der Waals surface area contributed by atoms with Gasteiger partial charge < -0.3 is 15.7 Å². The molecular weight excluding hydrogens is 259 g/mol. The average molecular weight is 280 g/mol. The van der Waals surface area contributed by atoms with Gasteiger partial charge in [0.1, 0.15) is 5.82 Å². The molecule has 3 N–H and O–H groups in total. The highest BCUT2D eigenvalue weighted by Crippen LogP contribution is 2.32. The third-order valence-electron chi connectivity index (χ3n) is 4.00. The zero-order valence-corrected chi connectivity index (χ0v) is 11.9. The molecule has 0 bridgehead atoms. The highest BCUT2D eigenvalue weighted by atomic mass is 19.1. The number of hydrogen-bond donors (Lipinski definition) is 2. The van der Waals surface area contributed by atoms with Gasteiger partial charge in [-0.25, -0.2) is 4.39 Å². The minimum absolute atomic E-state index is 0.0807. The van der Waals surface area contributed by atoms with Crippen molar-refractivity contribution in [1.82, 2.24) is 0 Å². The molecule has 2 rings (SSSR count). The second-order valence-electron chi connectivity index (χ2n) is 5.50. The van der Waals surface area contributed by atoms with Gasteiger partial charge in [0.25, 0.3) is 0 Å². The van der Waals surface area contributed by atoms with Crippen LogP contribution in [-0.2, 0) is 4.79 Å². The summed E-state index contributed by atoms with van der Waals surface area (Å²) in [6, 6.07) is 3.16. The van der Waals surface area contributed by atoms with Crippen LogP contribution < -0.4 is 10.6 Å². The molecule has 1 aromatic carbocycles. The Bertz CT molecular complexity index is 509. The molecule has 1 saturated heterocycles. The summed E-state index contributed by atoms with van der Waals surface area (Å²) in [7, 11) is 0. The van der Waals surface area contributed by atoms with Crippen molar-refractivity contribution in [2.45, 2.75) is 32.8 Å².